The number of furan rings is 1. The predicted octanol–water partition coefficient (Wildman–Crippen LogP) is 2.91. The summed E-state index contributed by atoms with van der Waals surface area (Å²) in [6.45, 7) is 1.50. The van der Waals surface area contributed by atoms with Crippen LogP contribution in [0, 0.1) is 5.92 Å². The molecule has 2 aliphatic rings. The van der Waals surface area contributed by atoms with Crippen LogP contribution in [-0.2, 0) is 19.4 Å². The number of fused-ring (bicyclic) bond motifs is 1. The van der Waals surface area contributed by atoms with Crippen molar-refractivity contribution in [3.8, 4) is 0 Å². The number of aromatic nitrogens is 2. The summed E-state index contributed by atoms with van der Waals surface area (Å²) in [5.74, 6) is 0.769. The average molecular weight is 434 g/mol. The van der Waals surface area contributed by atoms with Crippen LogP contribution in [0.4, 0.5) is 11.5 Å². The lowest BCUT2D eigenvalue weighted by Crippen LogP contribution is -2.42. The first-order chi connectivity index (χ1) is 15.6. The number of carbonyl (C=O) groups is 1. The molecular formula is C24H26N4O4. The van der Waals surface area contributed by atoms with Gasteiger partial charge in [-0.05, 0) is 73.4 Å². The SMILES string of the molecule is O=C(c1ccco1)N1CCC(Cn2c(=O)cc(Nc3ccc4c(c3)CCC4)[nH]c2=O)CC1. The van der Waals surface area contributed by atoms with E-state index >= 15 is 0 Å². The van der Waals surface area contributed by atoms with E-state index in [0.29, 0.717) is 31.2 Å². The Morgan fingerprint density at radius 1 is 1.09 bits per heavy atom. The molecule has 2 aromatic heterocycles. The first kappa shape index (κ1) is 20.4. The molecule has 0 atom stereocenters. The van der Waals surface area contributed by atoms with Crippen molar-refractivity contribution in [2.75, 3.05) is 18.4 Å². The first-order valence-electron chi connectivity index (χ1n) is 11.1. The minimum Gasteiger partial charge on any atom is -0.459 e. The van der Waals surface area contributed by atoms with Crippen molar-refractivity contribution in [3.05, 3.63) is 80.4 Å². The molecule has 5 rings (SSSR count). The van der Waals surface area contributed by atoms with E-state index in [-0.39, 0.29) is 17.4 Å². The Morgan fingerprint density at radius 3 is 2.66 bits per heavy atom. The number of benzene rings is 1. The fourth-order valence-electron chi connectivity index (χ4n) is 4.70. The van der Waals surface area contributed by atoms with E-state index in [9.17, 15) is 14.4 Å². The van der Waals surface area contributed by atoms with Gasteiger partial charge < -0.3 is 14.6 Å². The van der Waals surface area contributed by atoms with Gasteiger partial charge in [0, 0.05) is 31.4 Å². The third-order valence-corrected chi connectivity index (χ3v) is 6.47. The largest absolute Gasteiger partial charge is 0.459 e. The summed E-state index contributed by atoms with van der Waals surface area (Å²) in [5, 5.41) is 3.16. The van der Waals surface area contributed by atoms with E-state index in [1.54, 1.807) is 17.0 Å². The van der Waals surface area contributed by atoms with Gasteiger partial charge in [0.25, 0.3) is 11.5 Å². The van der Waals surface area contributed by atoms with Gasteiger partial charge in [0.05, 0.1) is 6.26 Å². The van der Waals surface area contributed by atoms with Gasteiger partial charge in [-0.2, -0.15) is 0 Å². The van der Waals surface area contributed by atoms with Gasteiger partial charge in [0.1, 0.15) is 5.82 Å². The molecular weight excluding hydrogens is 408 g/mol. The highest BCUT2D eigenvalue weighted by Crippen LogP contribution is 2.26. The van der Waals surface area contributed by atoms with Gasteiger partial charge in [-0.25, -0.2) is 4.79 Å². The van der Waals surface area contributed by atoms with Crippen molar-refractivity contribution in [3.63, 3.8) is 0 Å². The predicted molar refractivity (Wildman–Crippen MR) is 120 cm³/mol. The van der Waals surface area contributed by atoms with Crippen LogP contribution >= 0.6 is 0 Å². The quantitative estimate of drug-likeness (QED) is 0.643. The van der Waals surface area contributed by atoms with Crippen LogP contribution < -0.4 is 16.6 Å². The molecule has 0 bridgehead atoms. The summed E-state index contributed by atoms with van der Waals surface area (Å²) in [7, 11) is 0. The highest BCUT2D eigenvalue weighted by atomic mass is 16.3. The molecule has 166 valence electrons. The Bertz CT molecular complexity index is 1200. The molecule has 3 aromatic rings. The number of hydrogen-bond acceptors (Lipinski definition) is 5. The van der Waals surface area contributed by atoms with E-state index in [1.165, 1.54) is 34.4 Å². The fourth-order valence-corrected chi connectivity index (χ4v) is 4.70. The Hall–Kier alpha value is -3.55. The number of aromatic amines is 1. The fraction of sp³-hybridized carbons (Fsp3) is 0.375. The molecule has 1 aromatic carbocycles. The zero-order chi connectivity index (χ0) is 22.1. The molecule has 3 heterocycles. The number of carbonyl (C=O) groups excluding carboxylic acids is 1. The minimum atomic E-state index is -0.421. The van der Waals surface area contributed by atoms with Crippen molar-refractivity contribution in [2.45, 2.75) is 38.6 Å². The highest BCUT2D eigenvalue weighted by Gasteiger charge is 2.26. The lowest BCUT2D eigenvalue weighted by molar-refractivity contribution is 0.0650. The lowest BCUT2D eigenvalue weighted by Gasteiger charge is -2.31. The molecule has 1 amide bonds. The molecule has 0 radical (unpaired) electrons. The third kappa shape index (κ3) is 4.12. The maximum Gasteiger partial charge on any atom is 0.329 e. The monoisotopic (exact) mass is 434 g/mol. The molecule has 32 heavy (non-hydrogen) atoms. The van der Waals surface area contributed by atoms with Crippen LogP contribution in [0.25, 0.3) is 0 Å². The number of nitrogens with one attached hydrogen (secondary N) is 2. The molecule has 8 nitrogen and oxygen atoms in total. The van der Waals surface area contributed by atoms with Gasteiger partial charge in [0.15, 0.2) is 5.76 Å². The first-order valence-corrected chi connectivity index (χ1v) is 11.1. The lowest BCUT2D eigenvalue weighted by atomic mass is 9.96. The molecule has 0 unspecified atom stereocenters. The normalized spacial score (nSPS) is 16.2. The van der Waals surface area contributed by atoms with E-state index < -0.39 is 5.69 Å². The number of amides is 1. The van der Waals surface area contributed by atoms with Crippen LogP contribution in [0.15, 0.2) is 56.7 Å². The third-order valence-electron chi connectivity index (χ3n) is 6.47. The molecule has 2 N–H and O–H groups in total. The Balaban J connectivity index is 1.23. The van der Waals surface area contributed by atoms with Gasteiger partial charge in [-0.3, -0.25) is 19.1 Å². The van der Waals surface area contributed by atoms with E-state index in [0.717, 1.165) is 31.4 Å². The number of rotatable bonds is 5. The van der Waals surface area contributed by atoms with E-state index in [1.807, 2.05) is 6.07 Å². The molecule has 8 heteroatoms. The van der Waals surface area contributed by atoms with Gasteiger partial charge in [-0.15, -0.1) is 0 Å². The Kier molecular flexibility index (Phi) is 5.43. The van der Waals surface area contributed by atoms with Crippen LogP contribution in [0.3, 0.4) is 0 Å². The smallest absolute Gasteiger partial charge is 0.329 e. The average Bonchev–Trinajstić information content (AvgIpc) is 3.48. The van der Waals surface area contributed by atoms with Gasteiger partial charge in [-0.1, -0.05) is 6.07 Å². The van der Waals surface area contributed by atoms with Gasteiger partial charge >= 0.3 is 5.69 Å². The van der Waals surface area contributed by atoms with Crippen molar-refractivity contribution in [1.29, 1.82) is 0 Å². The number of hydrogen-bond donors (Lipinski definition) is 2. The molecule has 0 saturated carbocycles. The second kappa shape index (κ2) is 8.53. The van der Waals surface area contributed by atoms with Crippen LogP contribution in [0.1, 0.15) is 40.9 Å². The highest BCUT2D eigenvalue weighted by molar-refractivity contribution is 5.91. The summed E-state index contributed by atoms with van der Waals surface area (Å²) in [4.78, 5) is 42.2. The zero-order valence-electron chi connectivity index (χ0n) is 17.8. The second-order valence-electron chi connectivity index (χ2n) is 8.61. The number of likely N-dealkylation sites (tertiary alicyclic amines) is 1. The molecule has 1 aliphatic heterocycles. The number of H-pyrrole nitrogens is 1. The summed E-state index contributed by atoms with van der Waals surface area (Å²) in [5.41, 5.74) is 2.81. The summed E-state index contributed by atoms with van der Waals surface area (Å²) >= 11 is 0. The van der Waals surface area contributed by atoms with Gasteiger partial charge in [0.2, 0.25) is 0 Å². The zero-order valence-corrected chi connectivity index (χ0v) is 17.8. The van der Waals surface area contributed by atoms with E-state index in [4.69, 9.17) is 4.42 Å². The topological polar surface area (TPSA) is 100 Å². The minimum absolute atomic E-state index is 0.120. The van der Waals surface area contributed by atoms with Crippen LogP contribution in [0.2, 0.25) is 0 Å². The number of anilines is 2. The number of piperidine rings is 1. The van der Waals surface area contributed by atoms with Crippen molar-refractivity contribution in [1.82, 2.24) is 14.5 Å². The number of nitrogens with zero attached hydrogens (tertiary/aromatic N) is 2. The van der Waals surface area contributed by atoms with Crippen LogP contribution in [0.5, 0.6) is 0 Å². The van der Waals surface area contributed by atoms with Crippen molar-refractivity contribution in [2.24, 2.45) is 5.92 Å². The van der Waals surface area contributed by atoms with Crippen LogP contribution in [-0.4, -0.2) is 33.4 Å². The molecule has 1 saturated heterocycles. The van der Waals surface area contributed by atoms with E-state index in [2.05, 4.69) is 22.4 Å². The summed E-state index contributed by atoms with van der Waals surface area (Å²) in [6.07, 6.45) is 6.29. The standard InChI is InChI=1S/C24H26N4O4/c29-22-14-21(25-19-7-6-17-3-1-4-18(17)13-19)26-24(31)28(22)15-16-8-10-27(11-9-16)23(30)20-5-2-12-32-20/h2,5-7,12-14,16,25H,1,3-4,8-11,15H2,(H,26,31). The summed E-state index contributed by atoms with van der Waals surface area (Å²) < 4.78 is 6.44. The van der Waals surface area contributed by atoms with Crippen molar-refractivity contribution >= 4 is 17.4 Å². The van der Waals surface area contributed by atoms with Crippen molar-refractivity contribution < 1.29 is 9.21 Å². The Morgan fingerprint density at radius 2 is 1.91 bits per heavy atom. The molecule has 1 fully saturated rings. The molecule has 1 aliphatic carbocycles. The maximum absolute atomic E-state index is 12.7. The second-order valence-corrected chi connectivity index (χ2v) is 8.61. The molecule has 0 spiro atoms. The summed E-state index contributed by atoms with van der Waals surface area (Å²) in [6, 6.07) is 11.0. The Labute approximate surface area is 184 Å². The maximum atomic E-state index is 12.7. The number of aryl methyl sites for hydroxylation is 2.